The molecule has 7 rings (SSSR count). The Hall–Kier alpha value is -2.64. The van der Waals surface area contributed by atoms with Crippen molar-refractivity contribution in [3.05, 3.63) is 118 Å². The fourth-order valence-corrected chi connectivity index (χ4v) is 5.84. The Balaban J connectivity index is 1.24. The fourth-order valence-electron chi connectivity index (χ4n) is 5.84. The van der Waals surface area contributed by atoms with Gasteiger partial charge in [-0.25, -0.2) is 0 Å². The minimum atomic E-state index is 0.434. The third kappa shape index (κ3) is 2.88. The van der Waals surface area contributed by atoms with Crippen LogP contribution in [0.2, 0.25) is 0 Å². The molecule has 1 fully saturated rings. The molecule has 0 amide bonds. The van der Waals surface area contributed by atoms with Crippen molar-refractivity contribution in [2.24, 2.45) is 0 Å². The first kappa shape index (κ1) is 17.2. The van der Waals surface area contributed by atoms with E-state index in [1.807, 2.05) is 0 Å². The second kappa shape index (κ2) is 7.00. The van der Waals surface area contributed by atoms with Crippen LogP contribution in [0.5, 0.6) is 0 Å². The second-order valence-corrected chi connectivity index (χ2v) is 8.85. The van der Waals surface area contributed by atoms with Crippen LogP contribution in [0.1, 0.15) is 64.0 Å². The number of hydrogen-bond donors (Lipinski definition) is 0. The SMILES string of the molecule is C1=CC2c3ccccc3C1c1cccc(CN3CCC(c4ccccc4)CC3)c12. The van der Waals surface area contributed by atoms with Gasteiger partial charge in [0.15, 0.2) is 0 Å². The van der Waals surface area contributed by atoms with Crippen molar-refractivity contribution >= 4 is 0 Å². The highest BCUT2D eigenvalue weighted by molar-refractivity contribution is 5.62. The molecule has 1 heterocycles. The standard InChI is InChI=1S/C28H27N/c1-2-7-20(8-3-1)21-15-17-29(18-16-21)19-22-9-6-12-26-25-13-14-27(28(22)26)24-11-5-4-10-23(24)25/h1-14,21,25,27H,15-19H2. The monoisotopic (exact) mass is 377 g/mol. The molecule has 2 unspecified atom stereocenters. The predicted molar refractivity (Wildman–Crippen MR) is 119 cm³/mol. The average molecular weight is 378 g/mol. The van der Waals surface area contributed by atoms with Gasteiger partial charge in [-0.3, -0.25) is 4.90 Å². The number of piperidine rings is 1. The maximum Gasteiger partial charge on any atom is 0.0279 e. The summed E-state index contributed by atoms with van der Waals surface area (Å²) in [6.07, 6.45) is 7.41. The molecule has 0 radical (unpaired) electrons. The summed E-state index contributed by atoms with van der Waals surface area (Å²) in [6, 6.07) is 27.1. The van der Waals surface area contributed by atoms with Crippen molar-refractivity contribution in [2.45, 2.75) is 37.1 Å². The molecule has 3 aromatic rings. The largest absolute Gasteiger partial charge is 0.299 e. The van der Waals surface area contributed by atoms with Crippen LogP contribution in [-0.4, -0.2) is 18.0 Å². The van der Waals surface area contributed by atoms with E-state index in [9.17, 15) is 0 Å². The van der Waals surface area contributed by atoms with E-state index in [1.54, 1.807) is 5.56 Å². The van der Waals surface area contributed by atoms with Gasteiger partial charge in [0.1, 0.15) is 0 Å². The number of rotatable bonds is 3. The molecule has 1 heteroatoms. The molecule has 1 saturated heterocycles. The van der Waals surface area contributed by atoms with Crippen molar-refractivity contribution in [1.82, 2.24) is 4.90 Å². The topological polar surface area (TPSA) is 3.24 Å². The average Bonchev–Trinajstić information content (AvgIpc) is 2.81. The Labute approximate surface area is 173 Å². The van der Waals surface area contributed by atoms with Crippen molar-refractivity contribution in [2.75, 3.05) is 13.1 Å². The molecule has 29 heavy (non-hydrogen) atoms. The number of allylic oxidation sites excluding steroid dienone is 2. The Bertz CT molecular complexity index is 1060. The van der Waals surface area contributed by atoms with Crippen LogP contribution in [0.25, 0.3) is 0 Å². The van der Waals surface area contributed by atoms with Gasteiger partial charge >= 0.3 is 0 Å². The molecule has 0 spiro atoms. The maximum absolute atomic E-state index is 2.67. The molecule has 1 aliphatic heterocycles. The van der Waals surface area contributed by atoms with Crippen LogP contribution in [0.3, 0.4) is 0 Å². The number of nitrogens with zero attached hydrogens (tertiary/aromatic N) is 1. The molecule has 3 aliphatic carbocycles. The van der Waals surface area contributed by atoms with Crippen LogP contribution in [0.4, 0.5) is 0 Å². The summed E-state index contributed by atoms with van der Waals surface area (Å²) in [5, 5.41) is 0. The Morgan fingerprint density at radius 3 is 2.10 bits per heavy atom. The molecular formula is C28H27N. The fraction of sp³-hybridized carbons (Fsp3) is 0.286. The van der Waals surface area contributed by atoms with Gasteiger partial charge in [0.25, 0.3) is 0 Å². The molecule has 0 saturated carbocycles. The van der Waals surface area contributed by atoms with Gasteiger partial charge in [0, 0.05) is 18.4 Å². The molecule has 3 aromatic carbocycles. The van der Waals surface area contributed by atoms with Crippen LogP contribution < -0.4 is 0 Å². The zero-order chi connectivity index (χ0) is 19.2. The molecule has 2 atom stereocenters. The minimum Gasteiger partial charge on any atom is -0.299 e. The van der Waals surface area contributed by atoms with Crippen LogP contribution in [-0.2, 0) is 6.54 Å². The van der Waals surface area contributed by atoms with Gasteiger partial charge in [-0.1, -0.05) is 84.9 Å². The van der Waals surface area contributed by atoms with E-state index in [4.69, 9.17) is 0 Å². The van der Waals surface area contributed by atoms with Gasteiger partial charge in [-0.2, -0.15) is 0 Å². The molecular weight excluding hydrogens is 350 g/mol. The highest BCUT2D eigenvalue weighted by Gasteiger charge is 2.35. The summed E-state index contributed by atoms with van der Waals surface area (Å²) in [5.74, 6) is 1.60. The Morgan fingerprint density at radius 1 is 0.655 bits per heavy atom. The predicted octanol–water partition coefficient (Wildman–Crippen LogP) is 6.21. The van der Waals surface area contributed by atoms with Crippen LogP contribution in [0, 0.1) is 0 Å². The van der Waals surface area contributed by atoms with Gasteiger partial charge in [-0.15, -0.1) is 0 Å². The summed E-state index contributed by atoms with van der Waals surface area (Å²) in [6.45, 7) is 3.48. The van der Waals surface area contributed by atoms with Gasteiger partial charge in [0.05, 0.1) is 0 Å². The summed E-state index contributed by atoms with van der Waals surface area (Å²) in [7, 11) is 0. The molecule has 2 bridgehead atoms. The molecule has 0 aromatic heterocycles. The third-order valence-electron chi connectivity index (χ3n) is 7.29. The van der Waals surface area contributed by atoms with E-state index in [2.05, 4.69) is 89.8 Å². The highest BCUT2D eigenvalue weighted by Crippen LogP contribution is 2.50. The van der Waals surface area contributed by atoms with E-state index >= 15 is 0 Å². The summed E-state index contributed by atoms with van der Waals surface area (Å²) in [5.41, 5.74) is 9.20. The number of benzene rings is 3. The molecule has 4 aliphatic rings. The molecule has 1 nitrogen and oxygen atoms in total. The first-order valence-corrected chi connectivity index (χ1v) is 11.0. The lowest BCUT2D eigenvalue weighted by Crippen LogP contribution is -2.33. The lowest BCUT2D eigenvalue weighted by atomic mass is 9.67. The van der Waals surface area contributed by atoms with Crippen molar-refractivity contribution in [3.63, 3.8) is 0 Å². The Kier molecular flexibility index (Phi) is 4.16. The lowest BCUT2D eigenvalue weighted by Gasteiger charge is -2.39. The second-order valence-electron chi connectivity index (χ2n) is 8.85. The minimum absolute atomic E-state index is 0.434. The molecule has 0 N–H and O–H groups in total. The highest BCUT2D eigenvalue weighted by atomic mass is 15.1. The zero-order valence-electron chi connectivity index (χ0n) is 16.8. The van der Waals surface area contributed by atoms with E-state index in [1.165, 1.54) is 53.7 Å². The van der Waals surface area contributed by atoms with Gasteiger partial charge in [0.2, 0.25) is 0 Å². The zero-order valence-corrected chi connectivity index (χ0v) is 16.8. The van der Waals surface area contributed by atoms with E-state index in [0.717, 1.165) is 12.5 Å². The van der Waals surface area contributed by atoms with Crippen molar-refractivity contribution in [3.8, 4) is 0 Å². The summed E-state index contributed by atoms with van der Waals surface area (Å²) < 4.78 is 0. The first-order valence-electron chi connectivity index (χ1n) is 11.0. The molecule has 144 valence electrons. The first-order chi connectivity index (χ1) is 14.4. The van der Waals surface area contributed by atoms with Crippen LogP contribution >= 0.6 is 0 Å². The quantitative estimate of drug-likeness (QED) is 0.490. The van der Waals surface area contributed by atoms with Crippen molar-refractivity contribution < 1.29 is 0 Å². The van der Waals surface area contributed by atoms with Crippen LogP contribution in [0.15, 0.2) is 84.9 Å². The Morgan fingerprint density at radius 2 is 1.31 bits per heavy atom. The van der Waals surface area contributed by atoms with E-state index in [0.29, 0.717) is 11.8 Å². The third-order valence-corrected chi connectivity index (χ3v) is 7.29. The normalized spacial score (nSPS) is 23.0. The van der Waals surface area contributed by atoms with E-state index < -0.39 is 0 Å². The number of likely N-dealkylation sites (tertiary alicyclic amines) is 1. The number of hydrogen-bond acceptors (Lipinski definition) is 1. The van der Waals surface area contributed by atoms with Gasteiger partial charge < -0.3 is 0 Å². The van der Waals surface area contributed by atoms with Crippen molar-refractivity contribution in [1.29, 1.82) is 0 Å². The smallest absolute Gasteiger partial charge is 0.0279 e. The lowest BCUT2D eigenvalue weighted by molar-refractivity contribution is 0.204. The maximum atomic E-state index is 2.67. The van der Waals surface area contributed by atoms with Gasteiger partial charge in [-0.05, 0) is 65.2 Å². The van der Waals surface area contributed by atoms with E-state index in [-0.39, 0.29) is 0 Å². The summed E-state index contributed by atoms with van der Waals surface area (Å²) >= 11 is 0. The summed E-state index contributed by atoms with van der Waals surface area (Å²) in [4.78, 5) is 2.67.